The van der Waals surface area contributed by atoms with Crippen molar-refractivity contribution in [1.82, 2.24) is 9.97 Å². The van der Waals surface area contributed by atoms with Crippen LogP contribution in [-0.2, 0) is 0 Å². The Morgan fingerprint density at radius 1 is 0.850 bits per heavy atom. The van der Waals surface area contributed by atoms with E-state index < -0.39 is 0 Å². The van der Waals surface area contributed by atoms with E-state index in [0.717, 1.165) is 22.0 Å². The van der Waals surface area contributed by atoms with Gasteiger partial charge in [0.25, 0.3) is 0 Å². The Morgan fingerprint density at radius 2 is 1.65 bits per heavy atom. The molecule has 3 aromatic rings. The summed E-state index contributed by atoms with van der Waals surface area (Å²) in [5.41, 5.74) is 11.6. The van der Waals surface area contributed by atoms with Crippen molar-refractivity contribution in [3.63, 3.8) is 0 Å². The first-order valence-electron chi connectivity index (χ1n) is 6.67. The molecule has 0 radical (unpaired) electrons. The van der Waals surface area contributed by atoms with Gasteiger partial charge in [0.05, 0.1) is 5.52 Å². The summed E-state index contributed by atoms with van der Waals surface area (Å²) >= 11 is 0. The summed E-state index contributed by atoms with van der Waals surface area (Å²) in [6.45, 7) is 6.21. The standard InChI is InChI=1S/C17H17N3/c1-10-7-8-13(9-12(10)3)17-19-14-6-4-5-11(2)15(14)16(18)20-17/h4-9H,1-3H3,(H2,18,19,20). The highest BCUT2D eigenvalue weighted by atomic mass is 14.9. The average molecular weight is 263 g/mol. The average Bonchev–Trinajstić information content (AvgIpc) is 2.41. The quantitative estimate of drug-likeness (QED) is 0.726. The molecule has 1 heterocycles. The Labute approximate surface area is 118 Å². The minimum absolute atomic E-state index is 0.543. The van der Waals surface area contributed by atoms with Crippen molar-refractivity contribution < 1.29 is 0 Å². The molecule has 1 aromatic heterocycles. The highest BCUT2D eigenvalue weighted by Crippen LogP contribution is 2.26. The number of aryl methyl sites for hydroxylation is 3. The number of nitrogen functional groups attached to an aromatic ring is 1. The SMILES string of the molecule is Cc1ccc(-c2nc(N)c3c(C)cccc3n2)cc1C. The molecular weight excluding hydrogens is 246 g/mol. The minimum Gasteiger partial charge on any atom is -0.383 e. The number of benzene rings is 2. The molecule has 20 heavy (non-hydrogen) atoms. The van der Waals surface area contributed by atoms with Gasteiger partial charge in [-0.2, -0.15) is 0 Å². The molecule has 0 bridgehead atoms. The van der Waals surface area contributed by atoms with E-state index in [1.54, 1.807) is 0 Å². The molecule has 100 valence electrons. The number of rotatable bonds is 1. The van der Waals surface area contributed by atoms with E-state index in [0.29, 0.717) is 11.6 Å². The summed E-state index contributed by atoms with van der Waals surface area (Å²) in [6.07, 6.45) is 0. The summed E-state index contributed by atoms with van der Waals surface area (Å²) in [4.78, 5) is 9.12. The first kappa shape index (κ1) is 12.6. The van der Waals surface area contributed by atoms with Crippen molar-refractivity contribution in [3.8, 4) is 11.4 Å². The predicted molar refractivity (Wildman–Crippen MR) is 83.6 cm³/mol. The van der Waals surface area contributed by atoms with Gasteiger partial charge in [-0.3, -0.25) is 0 Å². The predicted octanol–water partition coefficient (Wildman–Crippen LogP) is 3.80. The minimum atomic E-state index is 0.543. The Kier molecular flexibility index (Phi) is 2.90. The van der Waals surface area contributed by atoms with Gasteiger partial charge in [-0.1, -0.05) is 24.3 Å². The molecule has 2 N–H and O–H groups in total. The molecule has 0 fully saturated rings. The van der Waals surface area contributed by atoms with E-state index in [1.165, 1.54) is 11.1 Å². The Bertz CT molecular complexity index is 807. The van der Waals surface area contributed by atoms with E-state index in [-0.39, 0.29) is 0 Å². The van der Waals surface area contributed by atoms with Crippen molar-refractivity contribution in [1.29, 1.82) is 0 Å². The van der Waals surface area contributed by atoms with Gasteiger partial charge in [0.15, 0.2) is 5.82 Å². The molecule has 0 amide bonds. The third kappa shape index (κ3) is 2.01. The topological polar surface area (TPSA) is 51.8 Å². The second-order valence-corrected chi connectivity index (χ2v) is 5.20. The van der Waals surface area contributed by atoms with Crippen molar-refractivity contribution in [2.24, 2.45) is 0 Å². The molecule has 0 saturated carbocycles. The molecule has 0 atom stereocenters. The van der Waals surface area contributed by atoms with Gasteiger partial charge in [0.2, 0.25) is 0 Å². The highest BCUT2D eigenvalue weighted by Gasteiger charge is 2.09. The van der Waals surface area contributed by atoms with E-state index >= 15 is 0 Å². The lowest BCUT2D eigenvalue weighted by Crippen LogP contribution is -1.99. The molecular formula is C17H17N3. The number of hydrogen-bond donors (Lipinski definition) is 1. The van der Waals surface area contributed by atoms with E-state index in [4.69, 9.17) is 5.73 Å². The monoisotopic (exact) mass is 263 g/mol. The highest BCUT2D eigenvalue weighted by molar-refractivity contribution is 5.92. The molecule has 0 saturated heterocycles. The fraction of sp³-hybridized carbons (Fsp3) is 0.176. The van der Waals surface area contributed by atoms with Crippen LogP contribution < -0.4 is 5.73 Å². The Hall–Kier alpha value is -2.42. The zero-order valence-corrected chi connectivity index (χ0v) is 11.9. The summed E-state index contributed by atoms with van der Waals surface area (Å²) in [5.74, 6) is 1.23. The van der Waals surface area contributed by atoms with Crippen LogP contribution in [0.4, 0.5) is 5.82 Å². The fourth-order valence-electron chi connectivity index (χ4n) is 2.40. The first-order valence-corrected chi connectivity index (χ1v) is 6.67. The number of aromatic nitrogens is 2. The number of nitrogens with zero attached hydrogens (tertiary/aromatic N) is 2. The van der Waals surface area contributed by atoms with Gasteiger partial charge in [-0.15, -0.1) is 0 Å². The Balaban J connectivity index is 2.25. The summed E-state index contributed by atoms with van der Waals surface area (Å²) in [5, 5.41) is 0.945. The van der Waals surface area contributed by atoms with Gasteiger partial charge >= 0.3 is 0 Å². The Morgan fingerprint density at radius 3 is 2.40 bits per heavy atom. The first-order chi connectivity index (χ1) is 9.56. The van der Waals surface area contributed by atoms with E-state index in [9.17, 15) is 0 Å². The largest absolute Gasteiger partial charge is 0.383 e. The molecule has 0 unspecified atom stereocenters. The van der Waals surface area contributed by atoms with Crippen LogP contribution in [0.25, 0.3) is 22.3 Å². The third-order valence-corrected chi connectivity index (χ3v) is 3.72. The van der Waals surface area contributed by atoms with Gasteiger partial charge in [-0.25, -0.2) is 9.97 Å². The van der Waals surface area contributed by atoms with Crippen LogP contribution in [0.3, 0.4) is 0 Å². The van der Waals surface area contributed by atoms with Crippen LogP contribution >= 0.6 is 0 Å². The van der Waals surface area contributed by atoms with E-state index in [2.05, 4.69) is 35.9 Å². The summed E-state index contributed by atoms with van der Waals surface area (Å²) < 4.78 is 0. The number of anilines is 1. The molecule has 0 aliphatic carbocycles. The van der Waals surface area contributed by atoms with Gasteiger partial charge < -0.3 is 5.73 Å². The molecule has 2 aromatic carbocycles. The molecule has 3 rings (SSSR count). The zero-order valence-electron chi connectivity index (χ0n) is 11.9. The lowest BCUT2D eigenvalue weighted by Gasteiger charge is -2.09. The second-order valence-electron chi connectivity index (χ2n) is 5.20. The maximum Gasteiger partial charge on any atom is 0.162 e. The number of nitrogens with two attached hydrogens (primary N) is 1. The maximum absolute atomic E-state index is 6.11. The normalized spacial score (nSPS) is 10.9. The molecule has 0 aliphatic rings. The summed E-state index contributed by atoms with van der Waals surface area (Å²) in [7, 11) is 0. The maximum atomic E-state index is 6.11. The van der Waals surface area contributed by atoms with Crippen molar-refractivity contribution in [2.45, 2.75) is 20.8 Å². The van der Waals surface area contributed by atoms with Crippen LogP contribution in [0, 0.1) is 20.8 Å². The number of hydrogen-bond acceptors (Lipinski definition) is 3. The zero-order chi connectivity index (χ0) is 14.3. The van der Waals surface area contributed by atoms with E-state index in [1.807, 2.05) is 31.2 Å². The van der Waals surface area contributed by atoms with Crippen LogP contribution in [-0.4, -0.2) is 9.97 Å². The van der Waals surface area contributed by atoms with Crippen LogP contribution in [0.15, 0.2) is 36.4 Å². The van der Waals surface area contributed by atoms with Crippen LogP contribution in [0.1, 0.15) is 16.7 Å². The fourth-order valence-corrected chi connectivity index (χ4v) is 2.40. The smallest absolute Gasteiger partial charge is 0.162 e. The lowest BCUT2D eigenvalue weighted by atomic mass is 10.1. The van der Waals surface area contributed by atoms with Crippen molar-refractivity contribution >= 4 is 16.7 Å². The van der Waals surface area contributed by atoms with Crippen molar-refractivity contribution in [3.05, 3.63) is 53.1 Å². The van der Waals surface area contributed by atoms with Crippen LogP contribution in [0.5, 0.6) is 0 Å². The van der Waals surface area contributed by atoms with Gasteiger partial charge in [0, 0.05) is 10.9 Å². The molecule has 3 heteroatoms. The van der Waals surface area contributed by atoms with Crippen molar-refractivity contribution in [2.75, 3.05) is 5.73 Å². The molecule has 0 aliphatic heterocycles. The molecule has 3 nitrogen and oxygen atoms in total. The lowest BCUT2D eigenvalue weighted by molar-refractivity contribution is 1.22. The summed E-state index contributed by atoms with van der Waals surface area (Å²) in [6, 6.07) is 12.2. The number of fused-ring (bicyclic) bond motifs is 1. The molecule has 0 spiro atoms. The van der Waals surface area contributed by atoms with Gasteiger partial charge in [0.1, 0.15) is 5.82 Å². The van der Waals surface area contributed by atoms with Gasteiger partial charge in [-0.05, 0) is 49.6 Å². The third-order valence-electron chi connectivity index (χ3n) is 3.72. The van der Waals surface area contributed by atoms with Crippen LogP contribution in [0.2, 0.25) is 0 Å². The second kappa shape index (κ2) is 4.60.